The minimum Gasteiger partial charge on any atom is -0.207 e. The van der Waals surface area contributed by atoms with Crippen molar-refractivity contribution in [3.8, 4) is 0 Å². The van der Waals surface area contributed by atoms with Crippen molar-refractivity contribution in [3.05, 3.63) is 66.2 Å². The van der Waals surface area contributed by atoms with Crippen LogP contribution in [-0.4, -0.2) is 25.3 Å². The fourth-order valence-corrected chi connectivity index (χ4v) is 4.82. The first-order chi connectivity index (χ1) is 10.7. The van der Waals surface area contributed by atoms with Crippen molar-refractivity contribution in [3.63, 3.8) is 0 Å². The first kappa shape index (κ1) is 15.3. The maximum atomic E-state index is 12.9. The minimum absolute atomic E-state index is 0.0568. The Morgan fingerprint density at radius 2 is 1.55 bits per heavy atom. The second-order valence-electron chi connectivity index (χ2n) is 5.77. The van der Waals surface area contributed by atoms with Gasteiger partial charge in [0.1, 0.15) is 0 Å². The zero-order valence-corrected chi connectivity index (χ0v) is 13.4. The highest BCUT2D eigenvalue weighted by Gasteiger charge is 2.33. The summed E-state index contributed by atoms with van der Waals surface area (Å²) in [6.45, 7) is 0.620. The van der Waals surface area contributed by atoms with E-state index < -0.39 is 10.0 Å². The molecule has 0 N–H and O–H groups in total. The highest BCUT2D eigenvalue weighted by atomic mass is 32.2. The smallest absolute Gasteiger partial charge is 0.207 e. The number of nitrogens with zero attached hydrogens (tertiary/aromatic N) is 1. The number of hydrogen-bond acceptors (Lipinski definition) is 2. The van der Waals surface area contributed by atoms with Crippen molar-refractivity contribution < 1.29 is 8.42 Å². The third-order valence-electron chi connectivity index (χ3n) is 4.24. The second-order valence-corrected chi connectivity index (χ2v) is 7.66. The van der Waals surface area contributed by atoms with E-state index in [0.29, 0.717) is 11.4 Å². The fourth-order valence-electron chi connectivity index (χ4n) is 3.11. The van der Waals surface area contributed by atoms with Crippen LogP contribution in [0.2, 0.25) is 0 Å². The highest BCUT2D eigenvalue weighted by Crippen LogP contribution is 2.27. The average molecular weight is 315 g/mol. The predicted molar refractivity (Wildman–Crippen MR) is 88.1 cm³/mol. The largest absolute Gasteiger partial charge is 0.243 e. The summed E-state index contributed by atoms with van der Waals surface area (Å²) in [6.07, 6.45) is 3.75. The lowest BCUT2D eigenvalue weighted by atomic mass is 9.98. The van der Waals surface area contributed by atoms with Crippen LogP contribution in [0.1, 0.15) is 24.8 Å². The first-order valence-electron chi connectivity index (χ1n) is 7.79. The number of hydrogen-bond donors (Lipinski definition) is 0. The number of piperidine rings is 1. The van der Waals surface area contributed by atoms with Crippen molar-refractivity contribution in [1.82, 2.24) is 4.31 Å². The molecule has 0 aliphatic carbocycles. The second kappa shape index (κ2) is 6.63. The van der Waals surface area contributed by atoms with Crippen LogP contribution in [0, 0.1) is 0 Å². The molecule has 2 aromatic carbocycles. The van der Waals surface area contributed by atoms with E-state index in [4.69, 9.17) is 0 Å². The topological polar surface area (TPSA) is 37.4 Å². The molecule has 0 saturated carbocycles. The molecular formula is C18H21NO2S. The van der Waals surface area contributed by atoms with Gasteiger partial charge in [0, 0.05) is 12.6 Å². The van der Waals surface area contributed by atoms with E-state index in [0.717, 1.165) is 25.7 Å². The van der Waals surface area contributed by atoms with Crippen LogP contribution in [0.5, 0.6) is 0 Å². The van der Waals surface area contributed by atoms with Gasteiger partial charge in [0.05, 0.1) is 4.90 Å². The molecule has 3 nitrogen and oxygen atoms in total. The quantitative estimate of drug-likeness (QED) is 0.866. The molecule has 1 fully saturated rings. The number of rotatable bonds is 4. The normalized spacial score (nSPS) is 19.9. The Labute approximate surface area is 132 Å². The van der Waals surface area contributed by atoms with E-state index in [1.807, 2.05) is 24.3 Å². The molecular weight excluding hydrogens is 294 g/mol. The fraction of sp³-hybridized carbons (Fsp3) is 0.333. The molecule has 0 radical (unpaired) electrons. The molecule has 1 aliphatic heterocycles. The van der Waals surface area contributed by atoms with Gasteiger partial charge in [0.15, 0.2) is 0 Å². The van der Waals surface area contributed by atoms with Gasteiger partial charge in [-0.25, -0.2) is 8.42 Å². The van der Waals surface area contributed by atoms with E-state index in [1.54, 1.807) is 28.6 Å². The Hall–Kier alpha value is -1.65. The lowest BCUT2D eigenvalue weighted by molar-refractivity contribution is 0.251. The summed E-state index contributed by atoms with van der Waals surface area (Å²) in [5.41, 5.74) is 1.20. The molecule has 0 aromatic heterocycles. The Morgan fingerprint density at radius 3 is 2.23 bits per heavy atom. The Bertz CT molecular complexity index is 698. The summed E-state index contributed by atoms with van der Waals surface area (Å²) in [5.74, 6) is 0. The standard InChI is InChI=1S/C18H21NO2S/c20-22(21,18-12-5-2-6-13-18)19-14-8-7-11-17(19)15-16-9-3-1-4-10-16/h1-6,9-10,12-13,17H,7-8,11,14-15H2. The predicted octanol–water partition coefficient (Wildman–Crippen LogP) is 3.47. The van der Waals surface area contributed by atoms with E-state index >= 15 is 0 Å². The summed E-state index contributed by atoms with van der Waals surface area (Å²) in [6, 6.07) is 19.0. The zero-order chi connectivity index (χ0) is 15.4. The maximum Gasteiger partial charge on any atom is 0.243 e. The van der Waals surface area contributed by atoms with Gasteiger partial charge >= 0.3 is 0 Å². The van der Waals surface area contributed by atoms with Gasteiger partial charge in [-0.05, 0) is 37.0 Å². The lowest BCUT2D eigenvalue weighted by Crippen LogP contribution is -2.44. The molecule has 4 heteroatoms. The average Bonchev–Trinajstić information content (AvgIpc) is 2.57. The summed E-state index contributed by atoms with van der Waals surface area (Å²) >= 11 is 0. The van der Waals surface area contributed by atoms with Gasteiger partial charge < -0.3 is 0 Å². The molecule has 22 heavy (non-hydrogen) atoms. The zero-order valence-electron chi connectivity index (χ0n) is 12.6. The Kier molecular flexibility index (Phi) is 4.60. The molecule has 1 atom stereocenters. The van der Waals surface area contributed by atoms with Crippen LogP contribution in [0.3, 0.4) is 0 Å². The summed E-state index contributed by atoms with van der Waals surface area (Å²) < 4.78 is 27.5. The van der Waals surface area contributed by atoms with Crippen LogP contribution in [0.25, 0.3) is 0 Å². The third kappa shape index (κ3) is 3.23. The van der Waals surface area contributed by atoms with Crippen LogP contribution in [-0.2, 0) is 16.4 Å². The van der Waals surface area contributed by atoms with Crippen LogP contribution >= 0.6 is 0 Å². The van der Waals surface area contributed by atoms with Crippen molar-refractivity contribution >= 4 is 10.0 Å². The van der Waals surface area contributed by atoms with E-state index in [2.05, 4.69) is 12.1 Å². The molecule has 1 aliphatic rings. The van der Waals surface area contributed by atoms with Crippen LogP contribution in [0.4, 0.5) is 0 Å². The molecule has 0 spiro atoms. The monoisotopic (exact) mass is 315 g/mol. The van der Waals surface area contributed by atoms with Crippen molar-refractivity contribution in [2.24, 2.45) is 0 Å². The van der Waals surface area contributed by atoms with E-state index in [9.17, 15) is 8.42 Å². The van der Waals surface area contributed by atoms with Crippen LogP contribution < -0.4 is 0 Å². The molecule has 3 rings (SSSR count). The highest BCUT2D eigenvalue weighted by molar-refractivity contribution is 7.89. The molecule has 0 bridgehead atoms. The van der Waals surface area contributed by atoms with Gasteiger partial charge in [-0.3, -0.25) is 0 Å². The van der Waals surface area contributed by atoms with Crippen molar-refractivity contribution in [2.75, 3.05) is 6.54 Å². The van der Waals surface area contributed by atoms with E-state index in [1.165, 1.54) is 5.56 Å². The van der Waals surface area contributed by atoms with Gasteiger partial charge in [-0.2, -0.15) is 4.31 Å². The van der Waals surface area contributed by atoms with Crippen LogP contribution in [0.15, 0.2) is 65.6 Å². The minimum atomic E-state index is -3.40. The lowest BCUT2D eigenvalue weighted by Gasteiger charge is -2.34. The summed E-state index contributed by atoms with van der Waals surface area (Å²) in [4.78, 5) is 0.398. The van der Waals surface area contributed by atoms with Crippen molar-refractivity contribution in [1.29, 1.82) is 0 Å². The summed E-state index contributed by atoms with van der Waals surface area (Å²) in [7, 11) is -3.40. The molecule has 2 aromatic rings. The number of sulfonamides is 1. The molecule has 0 amide bonds. The number of benzene rings is 2. The molecule has 1 heterocycles. The Morgan fingerprint density at radius 1 is 0.909 bits per heavy atom. The van der Waals surface area contributed by atoms with Gasteiger partial charge in [-0.1, -0.05) is 55.0 Å². The third-order valence-corrected chi connectivity index (χ3v) is 6.20. The summed E-state index contributed by atoms with van der Waals surface area (Å²) in [5, 5.41) is 0. The van der Waals surface area contributed by atoms with Gasteiger partial charge in [0.25, 0.3) is 0 Å². The Balaban J connectivity index is 1.86. The molecule has 1 unspecified atom stereocenters. The SMILES string of the molecule is O=S(=O)(c1ccccc1)N1CCCCC1Cc1ccccc1. The maximum absolute atomic E-state index is 12.9. The van der Waals surface area contributed by atoms with Gasteiger partial charge in [-0.15, -0.1) is 0 Å². The first-order valence-corrected chi connectivity index (χ1v) is 9.23. The molecule has 1 saturated heterocycles. The molecule has 116 valence electrons. The van der Waals surface area contributed by atoms with Crippen molar-refractivity contribution in [2.45, 2.75) is 36.6 Å². The van der Waals surface area contributed by atoms with E-state index in [-0.39, 0.29) is 6.04 Å². The van der Waals surface area contributed by atoms with Gasteiger partial charge in [0.2, 0.25) is 10.0 Å².